The van der Waals surface area contributed by atoms with Crippen LogP contribution in [0.25, 0.3) is 0 Å². The minimum absolute atomic E-state index is 0.190. The van der Waals surface area contributed by atoms with Crippen molar-refractivity contribution in [3.8, 4) is 0 Å². The van der Waals surface area contributed by atoms with Crippen molar-refractivity contribution in [3.05, 3.63) is 71.8 Å². The summed E-state index contributed by atoms with van der Waals surface area (Å²) >= 11 is 0. The SMILES string of the molecule is O=C(C(c1ccccc1)c1ccccc1)N1CCC(CCO)CC1. The summed E-state index contributed by atoms with van der Waals surface area (Å²) in [5.74, 6) is 0.502. The average molecular weight is 323 g/mol. The first-order valence-electron chi connectivity index (χ1n) is 8.79. The Bertz CT molecular complexity index is 594. The lowest BCUT2D eigenvalue weighted by molar-refractivity contribution is -0.133. The van der Waals surface area contributed by atoms with Crippen molar-refractivity contribution in [2.45, 2.75) is 25.2 Å². The van der Waals surface area contributed by atoms with Gasteiger partial charge in [0.05, 0.1) is 5.92 Å². The number of benzene rings is 2. The lowest BCUT2D eigenvalue weighted by Crippen LogP contribution is -2.41. The molecule has 1 saturated heterocycles. The molecule has 126 valence electrons. The fraction of sp³-hybridized carbons (Fsp3) is 0.381. The van der Waals surface area contributed by atoms with E-state index < -0.39 is 0 Å². The van der Waals surface area contributed by atoms with E-state index in [1.54, 1.807) is 0 Å². The van der Waals surface area contributed by atoms with E-state index in [0.29, 0.717) is 5.92 Å². The van der Waals surface area contributed by atoms with Crippen LogP contribution in [0.15, 0.2) is 60.7 Å². The summed E-state index contributed by atoms with van der Waals surface area (Å²) in [7, 11) is 0. The number of likely N-dealkylation sites (tertiary alicyclic amines) is 1. The second kappa shape index (κ2) is 8.11. The third-order valence-electron chi connectivity index (χ3n) is 4.98. The first-order chi connectivity index (χ1) is 11.8. The number of aliphatic hydroxyl groups is 1. The minimum atomic E-state index is -0.234. The summed E-state index contributed by atoms with van der Waals surface area (Å²) in [6.07, 6.45) is 2.83. The van der Waals surface area contributed by atoms with E-state index >= 15 is 0 Å². The number of amides is 1. The van der Waals surface area contributed by atoms with Crippen molar-refractivity contribution >= 4 is 5.91 Å². The third kappa shape index (κ3) is 3.85. The van der Waals surface area contributed by atoms with E-state index in [1.165, 1.54) is 0 Å². The van der Waals surface area contributed by atoms with Crippen LogP contribution in [0.1, 0.15) is 36.3 Å². The zero-order valence-corrected chi connectivity index (χ0v) is 14.0. The van der Waals surface area contributed by atoms with Gasteiger partial charge in [-0.2, -0.15) is 0 Å². The normalized spacial score (nSPS) is 15.7. The van der Waals surface area contributed by atoms with Gasteiger partial charge < -0.3 is 10.0 Å². The van der Waals surface area contributed by atoms with Gasteiger partial charge >= 0.3 is 0 Å². The van der Waals surface area contributed by atoms with Crippen LogP contribution >= 0.6 is 0 Å². The van der Waals surface area contributed by atoms with Gasteiger partial charge in [-0.25, -0.2) is 0 Å². The first kappa shape index (κ1) is 16.7. The molecule has 24 heavy (non-hydrogen) atoms. The van der Waals surface area contributed by atoms with Crippen molar-refractivity contribution in [2.75, 3.05) is 19.7 Å². The summed E-state index contributed by atoms with van der Waals surface area (Å²) < 4.78 is 0. The standard InChI is InChI=1S/C21H25NO2/c23-16-13-17-11-14-22(15-12-17)21(24)20(18-7-3-1-4-8-18)19-9-5-2-6-10-19/h1-10,17,20,23H,11-16H2. The summed E-state index contributed by atoms with van der Waals surface area (Å²) in [6, 6.07) is 20.1. The first-order valence-corrected chi connectivity index (χ1v) is 8.79. The van der Waals surface area contributed by atoms with Gasteiger partial charge in [0.25, 0.3) is 0 Å². The quantitative estimate of drug-likeness (QED) is 0.916. The van der Waals surface area contributed by atoms with E-state index in [0.717, 1.165) is 43.5 Å². The Hall–Kier alpha value is -2.13. The van der Waals surface area contributed by atoms with Crippen LogP contribution < -0.4 is 0 Å². The summed E-state index contributed by atoms with van der Waals surface area (Å²) in [5, 5.41) is 9.10. The highest BCUT2D eigenvalue weighted by Crippen LogP contribution is 2.29. The molecule has 1 heterocycles. The van der Waals surface area contributed by atoms with Crippen LogP contribution in [0.4, 0.5) is 0 Å². The number of piperidine rings is 1. The molecule has 2 aromatic carbocycles. The molecule has 0 aliphatic carbocycles. The molecular weight excluding hydrogens is 298 g/mol. The molecular formula is C21H25NO2. The summed E-state index contributed by atoms with van der Waals surface area (Å²) in [4.78, 5) is 15.2. The molecule has 2 aromatic rings. The summed E-state index contributed by atoms with van der Waals surface area (Å²) in [5.41, 5.74) is 2.09. The largest absolute Gasteiger partial charge is 0.396 e. The molecule has 1 fully saturated rings. The van der Waals surface area contributed by atoms with Crippen LogP contribution in [0.5, 0.6) is 0 Å². The average Bonchev–Trinajstić information content (AvgIpc) is 2.64. The topological polar surface area (TPSA) is 40.5 Å². The Morgan fingerprint density at radius 2 is 1.46 bits per heavy atom. The van der Waals surface area contributed by atoms with Gasteiger partial charge in [0.2, 0.25) is 5.91 Å². The van der Waals surface area contributed by atoms with Crippen LogP contribution in [0.2, 0.25) is 0 Å². The molecule has 0 radical (unpaired) electrons. The predicted octanol–water partition coefficient (Wildman–Crippen LogP) is 3.44. The highest BCUT2D eigenvalue weighted by atomic mass is 16.3. The Morgan fingerprint density at radius 1 is 0.958 bits per heavy atom. The molecule has 0 aromatic heterocycles. The van der Waals surface area contributed by atoms with Gasteiger partial charge in [-0.1, -0.05) is 60.7 Å². The lowest BCUT2D eigenvalue weighted by atomic mass is 9.88. The monoisotopic (exact) mass is 323 g/mol. The number of hydrogen-bond donors (Lipinski definition) is 1. The van der Waals surface area contributed by atoms with Gasteiger partial charge in [0, 0.05) is 19.7 Å². The maximum atomic E-state index is 13.2. The van der Waals surface area contributed by atoms with Gasteiger partial charge in [-0.05, 0) is 36.3 Å². The van der Waals surface area contributed by atoms with Gasteiger partial charge in [-0.15, -0.1) is 0 Å². The maximum absolute atomic E-state index is 13.2. The second-order valence-electron chi connectivity index (χ2n) is 6.54. The minimum Gasteiger partial charge on any atom is -0.396 e. The number of hydrogen-bond acceptors (Lipinski definition) is 2. The van der Waals surface area contributed by atoms with E-state index in [4.69, 9.17) is 5.11 Å². The number of nitrogens with zero attached hydrogens (tertiary/aromatic N) is 1. The molecule has 1 N–H and O–H groups in total. The highest BCUT2D eigenvalue weighted by Gasteiger charge is 2.30. The molecule has 1 aliphatic heterocycles. The maximum Gasteiger partial charge on any atom is 0.234 e. The molecule has 1 aliphatic rings. The molecule has 0 atom stereocenters. The second-order valence-corrected chi connectivity index (χ2v) is 6.54. The molecule has 0 unspecified atom stereocenters. The fourth-order valence-electron chi connectivity index (χ4n) is 3.58. The molecule has 3 heteroatoms. The molecule has 0 bridgehead atoms. The van der Waals surface area contributed by atoms with Gasteiger partial charge in [0.15, 0.2) is 0 Å². The van der Waals surface area contributed by atoms with Crippen LogP contribution in [-0.2, 0) is 4.79 Å². The Labute approximate surface area is 143 Å². The zero-order chi connectivity index (χ0) is 16.8. The van der Waals surface area contributed by atoms with Crippen LogP contribution in [-0.4, -0.2) is 35.6 Å². The van der Waals surface area contributed by atoms with Crippen molar-refractivity contribution in [2.24, 2.45) is 5.92 Å². The Balaban J connectivity index is 1.80. The van der Waals surface area contributed by atoms with Crippen molar-refractivity contribution < 1.29 is 9.90 Å². The molecule has 1 amide bonds. The number of carbonyl (C=O) groups is 1. The van der Waals surface area contributed by atoms with Crippen molar-refractivity contribution in [1.29, 1.82) is 0 Å². The summed E-state index contributed by atoms with van der Waals surface area (Å²) in [6.45, 7) is 1.83. The van der Waals surface area contributed by atoms with E-state index in [2.05, 4.69) is 0 Å². The van der Waals surface area contributed by atoms with Crippen LogP contribution in [0.3, 0.4) is 0 Å². The smallest absolute Gasteiger partial charge is 0.234 e. The van der Waals surface area contributed by atoms with Gasteiger partial charge in [0.1, 0.15) is 0 Å². The van der Waals surface area contributed by atoms with Crippen molar-refractivity contribution in [3.63, 3.8) is 0 Å². The zero-order valence-electron chi connectivity index (χ0n) is 14.0. The fourth-order valence-corrected chi connectivity index (χ4v) is 3.58. The van der Waals surface area contributed by atoms with E-state index in [-0.39, 0.29) is 18.4 Å². The Morgan fingerprint density at radius 3 is 1.92 bits per heavy atom. The predicted molar refractivity (Wildman–Crippen MR) is 95.7 cm³/mol. The molecule has 0 saturated carbocycles. The lowest BCUT2D eigenvalue weighted by Gasteiger charge is -2.34. The number of aliphatic hydroxyl groups excluding tert-OH is 1. The molecule has 3 rings (SSSR count). The van der Waals surface area contributed by atoms with E-state index in [9.17, 15) is 4.79 Å². The number of carbonyl (C=O) groups excluding carboxylic acids is 1. The van der Waals surface area contributed by atoms with Crippen LogP contribution in [0, 0.1) is 5.92 Å². The van der Waals surface area contributed by atoms with Crippen molar-refractivity contribution in [1.82, 2.24) is 4.90 Å². The number of rotatable bonds is 5. The molecule has 0 spiro atoms. The third-order valence-corrected chi connectivity index (χ3v) is 4.98. The van der Waals surface area contributed by atoms with E-state index in [1.807, 2.05) is 65.6 Å². The Kier molecular flexibility index (Phi) is 5.65. The van der Waals surface area contributed by atoms with Gasteiger partial charge in [-0.3, -0.25) is 4.79 Å². The molecule has 3 nitrogen and oxygen atoms in total. The highest BCUT2D eigenvalue weighted by molar-refractivity contribution is 5.87.